The second kappa shape index (κ2) is 5.61. The monoisotopic (exact) mass is 281 g/mol. The molecule has 20 heavy (non-hydrogen) atoms. The molecule has 0 saturated carbocycles. The van der Waals surface area contributed by atoms with Crippen LogP contribution in [0, 0.1) is 20.2 Å². The predicted octanol–water partition coefficient (Wildman–Crippen LogP) is 0.975. The van der Waals surface area contributed by atoms with Gasteiger partial charge in [0.15, 0.2) is 0 Å². The number of nitrogens with zero attached hydrogens (tertiary/aromatic N) is 3. The molecule has 1 saturated heterocycles. The van der Waals surface area contributed by atoms with Gasteiger partial charge in [-0.2, -0.15) is 0 Å². The van der Waals surface area contributed by atoms with E-state index in [1.807, 2.05) is 0 Å². The summed E-state index contributed by atoms with van der Waals surface area (Å²) in [6.07, 6.45) is 0. The van der Waals surface area contributed by atoms with Crippen molar-refractivity contribution in [2.24, 2.45) is 0 Å². The van der Waals surface area contributed by atoms with Gasteiger partial charge >= 0.3 is 0 Å². The highest BCUT2D eigenvalue weighted by Crippen LogP contribution is 2.26. The zero-order chi connectivity index (χ0) is 14.7. The summed E-state index contributed by atoms with van der Waals surface area (Å²) < 4.78 is 5.10. The summed E-state index contributed by atoms with van der Waals surface area (Å²) in [5.74, 6) is -0.519. The van der Waals surface area contributed by atoms with E-state index in [1.54, 1.807) is 0 Å². The number of hydrogen-bond donors (Lipinski definition) is 0. The summed E-state index contributed by atoms with van der Waals surface area (Å²) in [6, 6.07) is 3.00. The quantitative estimate of drug-likeness (QED) is 0.602. The van der Waals surface area contributed by atoms with Gasteiger partial charge in [0.1, 0.15) is 5.56 Å². The van der Waals surface area contributed by atoms with Crippen molar-refractivity contribution in [3.05, 3.63) is 44.0 Å². The normalized spacial score (nSPS) is 14.9. The lowest BCUT2D eigenvalue weighted by Gasteiger charge is -2.26. The van der Waals surface area contributed by atoms with Gasteiger partial charge in [-0.3, -0.25) is 25.0 Å². The van der Waals surface area contributed by atoms with Gasteiger partial charge in [0, 0.05) is 19.2 Å². The molecule has 1 heterocycles. The minimum atomic E-state index is -0.791. The smallest absolute Gasteiger partial charge is 0.289 e. The Labute approximate surface area is 113 Å². The van der Waals surface area contributed by atoms with E-state index in [4.69, 9.17) is 4.74 Å². The zero-order valence-corrected chi connectivity index (χ0v) is 10.4. The largest absolute Gasteiger partial charge is 0.378 e. The van der Waals surface area contributed by atoms with Crippen LogP contribution in [0.15, 0.2) is 18.2 Å². The van der Waals surface area contributed by atoms with Crippen LogP contribution in [0.5, 0.6) is 0 Å². The number of nitro groups is 2. The van der Waals surface area contributed by atoms with Gasteiger partial charge in [0.05, 0.1) is 29.1 Å². The SMILES string of the molecule is O=C(c1ccc([N+](=O)[O-])cc1[N+](=O)[O-])N1CCOCC1. The maximum absolute atomic E-state index is 12.2. The first kappa shape index (κ1) is 13.9. The molecule has 1 aromatic carbocycles. The first-order valence-electron chi connectivity index (χ1n) is 5.80. The maximum Gasteiger partial charge on any atom is 0.289 e. The average Bonchev–Trinajstić information content (AvgIpc) is 2.46. The number of carbonyl (C=O) groups excluding carboxylic acids is 1. The third-order valence-corrected chi connectivity index (χ3v) is 2.92. The van der Waals surface area contributed by atoms with Gasteiger partial charge in [0.25, 0.3) is 17.3 Å². The Morgan fingerprint density at radius 1 is 1.15 bits per heavy atom. The topological polar surface area (TPSA) is 116 Å². The molecule has 0 spiro atoms. The van der Waals surface area contributed by atoms with Crippen LogP contribution in [-0.4, -0.2) is 47.0 Å². The van der Waals surface area contributed by atoms with Gasteiger partial charge < -0.3 is 9.64 Å². The van der Waals surface area contributed by atoms with Crippen molar-refractivity contribution in [3.63, 3.8) is 0 Å². The molecule has 2 rings (SSSR count). The van der Waals surface area contributed by atoms with Crippen molar-refractivity contribution in [3.8, 4) is 0 Å². The van der Waals surface area contributed by atoms with E-state index in [9.17, 15) is 25.0 Å². The van der Waals surface area contributed by atoms with E-state index in [0.717, 1.165) is 18.2 Å². The van der Waals surface area contributed by atoms with E-state index in [-0.39, 0.29) is 5.56 Å². The average molecular weight is 281 g/mol. The fourth-order valence-corrected chi connectivity index (χ4v) is 1.90. The molecule has 106 valence electrons. The summed E-state index contributed by atoms with van der Waals surface area (Å²) in [4.78, 5) is 33.7. The molecule has 1 fully saturated rings. The summed E-state index contributed by atoms with van der Waals surface area (Å²) in [7, 11) is 0. The van der Waals surface area contributed by atoms with Crippen LogP contribution in [0.1, 0.15) is 10.4 Å². The molecule has 9 heteroatoms. The number of amides is 1. The van der Waals surface area contributed by atoms with E-state index in [2.05, 4.69) is 0 Å². The molecule has 9 nitrogen and oxygen atoms in total. The Balaban J connectivity index is 2.37. The molecule has 1 amide bonds. The van der Waals surface area contributed by atoms with Crippen molar-refractivity contribution < 1.29 is 19.4 Å². The number of benzene rings is 1. The van der Waals surface area contributed by atoms with Crippen molar-refractivity contribution in [2.45, 2.75) is 0 Å². The highest BCUT2D eigenvalue weighted by Gasteiger charge is 2.28. The summed E-state index contributed by atoms with van der Waals surface area (Å²) in [6.45, 7) is 1.42. The van der Waals surface area contributed by atoms with E-state index in [0.29, 0.717) is 26.3 Å². The van der Waals surface area contributed by atoms with Gasteiger partial charge in [-0.05, 0) is 6.07 Å². The van der Waals surface area contributed by atoms with Crippen molar-refractivity contribution >= 4 is 17.3 Å². The minimum Gasteiger partial charge on any atom is -0.378 e. The third-order valence-electron chi connectivity index (χ3n) is 2.92. The molecule has 0 unspecified atom stereocenters. The number of morpholine rings is 1. The minimum absolute atomic E-state index is 0.150. The van der Waals surface area contributed by atoms with Crippen LogP contribution < -0.4 is 0 Å². The predicted molar refractivity (Wildman–Crippen MR) is 66.5 cm³/mol. The first-order valence-corrected chi connectivity index (χ1v) is 5.80. The van der Waals surface area contributed by atoms with Crippen LogP contribution >= 0.6 is 0 Å². The Kier molecular flexibility index (Phi) is 3.89. The fourth-order valence-electron chi connectivity index (χ4n) is 1.90. The van der Waals surface area contributed by atoms with Gasteiger partial charge in [-0.15, -0.1) is 0 Å². The van der Waals surface area contributed by atoms with E-state index < -0.39 is 27.1 Å². The lowest BCUT2D eigenvalue weighted by atomic mass is 10.1. The number of nitro benzene ring substituents is 2. The molecular weight excluding hydrogens is 270 g/mol. The fraction of sp³-hybridized carbons (Fsp3) is 0.364. The number of hydrogen-bond acceptors (Lipinski definition) is 6. The Bertz CT molecular complexity index is 567. The molecule has 1 aromatic rings. The molecule has 1 aliphatic heterocycles. The summed E-state index contributed by atoms with van der Waals surface area (Å²) >= 11 is 0. The number of non-ortho nitro benzene ring substituents is 1. The molecule has 0 aromatic heterocycles. The van der Waals surface area contributed by atoms with Crippen LogP contribution in [0.2, 0.25) is 0 Å². The molecule has 0 aliphatic carbocycles. The van der Waals surface area contributed by atoms with Gasteiger partial charge in [-0.25, -0.2) is 0 Å². The van der Waals surface area contributed by atoms with Crippen LogP contribution in [0.4, 0.5) is 11.4 Å². The molecule has 0 bridgehead atoms. The van der Waals surface area contributed by atoms with Crippen LogP contribution in [-0.2, 0) is 4.74 Å². The van der Waals surface area contributed by atoms with Gasteiger partial charge in [-0.1, -0.05) is 0 Å². The van der Waals surface area contributed by atoms with Crippen molar-refractivity contribution in [1.29, 1.82) is 0 Å². The zero-order valence-electron chi connectivity index (χ0n) is 10.4. The molecule has 0 atom stereocenters. The molecule has 0 N–H and O–H groups in total. The van der Waals surface area contributed by atoms with Crippen LogP contribution in [0.25, 0.3) is 0 Å². The number of ether oxygens (including phenoxy) is 1. The van der Waals surface area contributed by atoms with Crippen molar-refractivity contribution in [1.82, 2.24) is 4.90 Å². The Hall–Kier alpha value is -2.55. The van der Waals surface area contributed by atoms with Gasteiger partial charge in [0.2, 0.25) is 0 Å². The lowest BCUT2D eigenvalue weighted by Crippen LogP contribution is -2.40. The second-order valence-corrected chi connectivity index (χ2v) is 4.12. The highest BCUT2D eigenvalue weighted by atomic mass is 16.6. The summed E-state index contributed by atoms with van der Waals surface area (Å²) in [5.41, 5.74) is -1.13. The van der Waals surface area contributed by atoms with E-state index >= 15 is 0 Å². The second-order valence-electron chi connectivity index (χ2n) is 4.12. The Morgan fingerprint density at radius 3 is 2.35 bits per heavy atom. The van der Waals surface area contributed by atoms with E-state index in [1.165, 1.54) is 4.90 Å². The highest BCUT2D eigenvalue weighted by molar-refractivity contribution is 5.98. The van der Waals surface area contributed by atoms with Crippen molar-refractivity contribution in [2.75, 3.05) is 26.3 Å². The maximum atomic E-state index is 12.2. The number of carbonyl (C=O) groups is 1. The summed E-state index contributed by atoms with van der Waals surface area (Å²) in [5, 5.41) is 21.6. The molecular formula is C11H11N3O6. The first-order chi connectivity index (χ1) is 9.50. The van der Waals surface area contributed by atoms with Crippen LogP contribution in [0.3, 0.4) is 0 Å². The number of rotatable bonds is 3. The molecule has 0 radical (unpaired) electrons. The molecule has 1 aliphatic rings. The lowest BCUT2D eigenvalue weighted by molar-refractivity contribution is -0.394. The third kappa shape index (κ3) is 2.72. The Morgan fingerprint density at radius 2 is 1.80 bits per heavy atom. The standard InChI is InChI=1S/C11H11N3O6/c15-11(12-3-5-20-6-4-12)9-2-1-8(13(16)17)7-10(9)14(18)19/h1-2,7H,3-6H2.